The van der Waals surface area contributed by atoms with Crippen LogP contribution >= 0.6 is 0 Å². The molecular weight excluding hydrogens is 516 g/mol. The Morgan fingerprint density at radius 3 is 1.92 bits per heavy atom. The zero-order valence-corrected chi connectivity index (χ0v) is 19.6. The van der Waals surface area contributed by atoms with Crippen LogP contribution in [-0.4, -0.2) is 85.2 Å². The van der Waals surface area contributed by atoms with E-state index in [2.05, 4.69) is 24.6 Å². The van der Waals surface area contributed by atoms with Crippen molar-refractivity contribution >= 4 is 11.9 Å². The van der Waals surface area contributed by atoms with Gasteiger partial charge in [0.15, 0.2) is 0 Å². The van der Waals surface area contributed by atoms with E-state index in [9.17, 15) is 26.3 Å². The molecule has 2 aliphatic heterocycles. The lowest BCUT2D eigenvalue weighted by molar-refractivity contribution is -0.193. The van der Waals surface area contributed by atoms with E-state index in [0.717, 1.165) is 56.6 Å². The van der Waals surface area contributed by atoms with Crippen molar-refractivity contribution in [2.24, 2.45) is 0 Å². The highest BCUT2D eigenvalue weighted by molar-refractivity contribution is 5.73. The number of aliphatic carboxylic acids is 2. The number of fused-ring (bicyclic) bond motifs is 1. The Kier molecular flexibility index (Phi) is 10.9. The molecule has 0 aromatic carbocycles. The molecule has 0 saturated carbocycles. The molecule has 37 heavy (non-hydrogen) atoms. The van der Waals surface area contributed by atoms with Crippen LogP contribution in [0.4, 0.5) is 26.3 Å². The highest BCUT2D eigenvalue weighted by atomic mass is 19.4. The molecule has 208 valence electrons. The van der Waals surface area contributed by atoms with Gasteiger partial charge in [-0.1, -0.05) is 6.42 Å². The standard InChI is InChI=1S/C17H25N5O.2C2HF3O2/c1-2-7-20(8-3-1)14-17-19-18-16-6-9-21(10-11-22(16)17)13-15-5-4-12-23-15;2*3-2(4,5)1(6)7/h4-5,12H,1-3,6-11,13-14H2;2*(H,6,7). The van der Waals surface area contributed by atoms with Gasteiger partial charge in [-0.15, -0.1) is 10.2 Å². The SMILES string of the molecule is O=C(O)C(F)(F)F.O=C(O)C(F)(F)F.c1coc(CN2CCc3nnc(CN4CCCCC4)n3CC2)c1. The number of halogens is 6. The smallest absolute Gasteiger partial charge is 0.475 e. The van der Waals surface area contributed by atoms with Crippen molar-refractivity contribution in [1.29, 1.82) is 0 Å². The highest BCUT2D eigenvalue weighted by Crippen LogP contribution is 2.16. The van der Waals surface area contributed by atoms with Gasteiger partial charge in [-0.05, 0) is 38.1 Å². The van der Waals surface area contributed by atoms with E-state index >= 15 is 0 Å². The normalized spacial score (nSPS) is 16.9. The summed E-state index contributed by atoms with van der Waals surface area (Å²) in [5, 5.41) is 23.2. The summed E-state index contributed by atoms with van der Waals surface area (Å²) in [6.07, 6.45) is -3.45. The number of likely N-dealkylation sites (tertiary alicyclic amines) is 1. The van der Waals surface area contributed by atoms with Crippen LogP contribution in [0.3, 0.4) is 0 Å². The molecule has 16 heteroatoms. The number of aromatic nitrogens is 3. The highest BCUT2D eigenvalue weighted by Gasteiger charge is 2.38. The van der Waals surface area contributed by atoms with Crippen LogP contribution in [0, 0.1) is 0 Å². The van der Waals surface area contributed by atoms with E-state index < -0.39 is 24.3 Å². The Morgan fingerprint density at radius 1 is 0.838 bits per heavy atom. The molecule has 4 rings (SSSR count). The molecule has 4 heterocycles. The van der Waals surface area contributed by atoms with Crippen molar-refractivity contribution in [2.45, 2.75) is 57.7 Å². The van der Waals surface area contributed by atoms with Crippen LogP contribution in [0.1, 0.15) is 36.7 Å². The lowest BCUT2D eigenvalue weighted by atomic mass is 10.1. The first-order chi connectivity index (χ1) is 17.3. The van der Waals surface area contributed by atoms with E-state index in [1.165, 1.54) is 32.4 Å². The van der Waals surface area contributed by atoms with Crippen LogP contribution in [0.5, 0.6) is 0 Å². The molecule has 0 aliphatic carbocycles. The Morgan fingerprint density at radius 2 is 1.41 bits per heavy atom. The quantitative estimate of drug-likeness (QED) is 0.560. The maximum Gasteiger partial charge on any atom is 0.490 e. The summed E-state index contributed by atoms with van der Waals surface area (Å²) < 4.78 is 71.3. The topological polar surface area (TPSA) is 125 Å². The van der Waals surface area contributed by atoms with Gasteiger partial charge in [-0.2, -0.15) is 26.3 Å². The lowest BCUT2D eigenvalue weighted by Gasteiger charge is -2.26. The Bertz CT molecular complexity index is 963. The van der Waals surface area contributed by atoms with E-state index in [1.54, 1.807) is 6.26 Å². The van der Waals surface area contributed by atoms with E-state index in [4.69, 9.17) is 24.2 Å². The molecule has 0 bridgehead atoms. The number of carbonyl (C=O) groups is 2. The molecule has 1 fully saturated rings. The number of furan rings is 1. The summed E-state index contributed by atoms with van der Waals surface area (Å²) in [6, 6.07) is 4.01. The molecule has 0 radical (unpaired) electrons. The minimum Gasteiger partial charge on any atom is -0.475 e. The average molecular weight is 543 g/mol. The maximum atomic E-state index is 10.6. The summed E-state index contributed by atoms with van der Waals surface area (Å²) in [6.45, 7) is 7.25. The first kappa shape index (κ1) is 30.1. The van der Waals surface area contributed by atoms with Gasteiger partial charge in [0.2, 0.25) is 0 Å². The maximum absolute atomic E-state index is 10.6. The molecular formula is C21H27F6N5O5. The second-order valence-electron chi connectivity index (χ2n) is 8.23. The first-order valence-electron chi connectivity index (χ1n) is 11.3. The fraction of sp³-hybridized carbons (Fsp3) is 0.619. The summed E-state index contributed by atoms with van der Waals surface area (Å²) >= 11 is 0. The number of nitrogens with zero attached hydrogens (tertiary/aromatic N) is 5. The van der Waals surface area contributed by atoms with Crippen molar-refractivity contribution in [1.82, 2.24) is 24.6 Å². The average Bonchev–Trinajstić information content (AvgIpc) is 3.41. The molecule has 0 atom stereocenters. The zero-order chi connectivity index (χ0) is 27.6. The Hall–Kier alpha value is -3.14. The van der Waals surface area contributed by atoms with Gasteiger partial charge in [-0.3, -0.25) is 9.80 Å². The number of rotatable bonds is 4. The number of hydrogen-bond acceptors (Lipinski definition) is 7. The number of carboxylic acid groups (broad SMARTS) is 2. The van der Waals surface area contributed by atoms with E-state index in [-0.39, 0.29) is 0 Å². The number of hydrogen-bond donors (Lipinski definition) is 2. The fourth-order valence-corrected chi connectivity index (χ4v) is 3.64. The molecule has 1 saturated heterocycles. The predicted octanol–water partition coefficient (Wildman–Crippen LogP) is 3.18. The van der Waals surface area contributed by atoms with E-state index in [1.807, 2.05) is 12.1 Å². The molecule has 0 spiro atoms. The minimum atomic E-state index is -5.08. The molecule has 2 aromatic heterocycles. The number of carboxylic acids is 2. The van der Waals surface area contributed by atoms with Gasteiger partial charge < -0.3 is 19.2 Å². The van der Waals surface area contributed by atoms with Crippen molar-refractivity contribution in [2.75, 3.05) is 26.2 Å². The van der Waals surface area contributed by atoms with E-state index in [0.29, 0.717) is 0 Å². The minimum absolute atomic E-state index is 0.882. The molecule has 2 aliphatic rings. The third-order valence-electron chi connectivity index (χ3n) is 5.45. The second-order valence-corrected chi connectivity index (χ2v) is 8.23. The molecule has 10 nitrogen and oxygen atoms in total. The summed E-state index contributed by atoms with van der Waals surface area (Å²) in [5.74, 6) is -2.20. The van der Waals surface area contributed by atoms with Crippen molar-refractivity contribution in [3.63, 3.8) is 0 Å². The van der Waals surface area contributed by atoms with Crippen LogP contribution in [-0.2, 0) is 35.6 Å². The van der Waals surface area contributed by atoms with Gasteiger partial charge in [0.1, 0.15) is 17.4 Å². The Balaban J connectivity index is 0.000000286. The predicted molar refractivity (Wildman–Crippen MR) is 114 cm³/mol. The lowest BCUT2D eigenvalue weighted by Crippen LogP contribution is -2.31. The second kappa shape index (κ2) is 13.4. The summed E-state index contributed by atoms with van der Waals surface area (Å²) in [4.78, 5) is 22.8. The van der Waals surface area contributed by atoms with Crippen molar-refractivity contribution in [3.8, 4) is 0 Å². The monoisotopic (exact) mass is 543 g/mol. The summed E-state index contributed by atoms with van der Waals surface area (Å²) in [7, 11) is 0. The first-order valence-corrected chi connectivity index (χ1v) is 11.3. The van der Waals surface area contributed by atoms with Crippen LogP contribution in [0.15, 0.2) is 22.8 Å². The Labute approximate surface area is 207 Å². The third kappa shape index (κ3) is 10.4. The fourth-order valence-electron chi connectivity index (χ4n) is 3.64. The molecule has 0 unspecified atom stereocenters. The van der Waals surface area contributed by atoms with Crippen LogP contribution < -0.4 is 0 Å². The van der Waals surface area contributed by atoms with Gasteiger partial charge in [-0.25, -0.2) is 9.59 Å². The number of piperidine rings is 1. The summed E-state index contributed by atoms with van der Waals surface area (Å²) in [5.41, 5.74) is 0. The van der Waals surface area contributed by atoms with Gasteiger partial charge in [0.25, 0.3) is 0 Å². The van der Waals surface area contributed by atoms with Crippen molar-refractivity contribution in [3.05, 3.63) is 35.8 Å². The van der Waals surface area contributed by atoms with Gasteiger partial charge in [0.05, 0.1) is 19.4 Å². The number of alkyl halides is 6. The largest absolute Gasteiger partial charge is 0.490 e. The van der Waals surface area contributed by atoms with Crippen molar-refractivity contribution < 1.29 is 50.6 Å². The zero-order valence-electron chi connectivity index (χ0n) is 19.6. The van der Waals surface area contributed by atoms with Crippen LogP contribution in [0.25, 0.3) is 0 Å². The molecule has 2 N–H and O–H groups in total. The third-order valence-corrected chi connectivity index (χ3v) is 5.45. The van der Waals surface area contributed by atoms with Gasteiger partial charge >= 0.3 is 24.3 Å². The van der Waals surface area contributed by atoms with Gasteiger partial charge in [0, 0.05) is 26.1 Å². The van der Waals surface area contributed by atoms with Crippen LogP contribution in [0.2, 0.25) is 0 Å². The molecule has 0 amide bonds. The molecule has 2 aromatic rings.